The van der Waals surface area contributed by atoms with Gasteiger partial charge in [0.15, 0.2) is 0 Å². The van der Waals surface area contributed by atoms with Crippen molar-refractivity contribution in [1.82, 2.24) is 0 Å². The van der Waals surface area contributed by atoms with Crippen LogP contribution in [-0.2, 0) is 14.3 Å². The number of ether oxygens (including phenoxy) is 3. The van der Waals surface area contributed by atoms with Crippen molar-refractivity contribution in [3.8, 4) is 5.75 Å². The van der Waals surface area contributed by atoms with E-state index in [-0.39, 0.29) is 12.0 Å². The van der Waals surface area contributed by atoms with Crippen molar-refractivity contribution in [2.45, 2.75) is 52.2 Å². The predicted molar refractivity (Wildman–Crippen MR) is 97.0 cm³/mol. The van der Waals surface area contributed by atoms with Gasteiger partial charge in [-0.3, -0.25) is 4.79 Å². The van der Waals surface area contributed by atoms with Gasteiger partial charge in [0.1, 0.15) is 17.5 Å². The summed E-state index contributed by atoms with van der Waals surface area (Å²) in [6, 6.07) is 5.17. The van der Waals surface area contributed by atoms with Crippen molar-refractivity contribution in [3.63, 3.8) is 0 Å². The first-order chi connectivity index (χ1) is 11.4. The molecule has 0 spiro atoms. The smallest absolute Gasteiger partial charge is 0.256 e. The van der Waals surface area contributed by atoms with Crippen LogP contribution in [-0.4, -0.2) is 37.9 Å². The molecule has 0 bridgehead atoms. The number of halogens is 1. The zero-order chi connectivity index (χ0) is 18.2. The van der Waals surface area contributed by atoms with Crippen LogP contribution in [0.3, 0.4) is 0 Å². The maximum atomic E-state index is 12.5. The third-order valence-corrected chi connectivity index (χ3v) is 3.88. The number of amides is 1. The second-order valence-corrected chi connectivity index (χ2v) is 6.30. The van der Waals surface area contributed by atoms with E-state index in [1.54, 1.807) is 32.2 Å². The summed E-state index contributed by atoms with van der Waals surface area (Å²) in [4.78, 5) is 12.5. The van der Waals surface area contributed by atoms with Gasteiger partial charge in [0.25, 0.3) is 5.91 Å². The normalized spacial score (nSPS) is 14.8. The number of rotatable bonds is 10. The highest BCUT2D eigenvalue weighted by Crippen LogP contribution is 2.29. The van der Waals surface area contributed by atoms with Gasteiger partial charge in [-0.25, -0.2) is 0 Å². The lowest BCUT2D eigenvalue weighted by molar-refractivity contribution is -0.139. The second-order valence-electron chi connectivity index (χ2n) is 5.90. The van der Waals surface area contributed by atoms with Crippen molar-refractivity contribution >= 4 is 23.2 Å². The van der Waals surface area contributed by atoms with Gasteiger partial charge < -0.3 is 19.5 Å². The first kappa shape index (κ1) is 20.7. The average molecular weight is 358 g/mol. The van der Waals surface area contributed by atoms with Gasteiger partial charge >= 0.3 is 0 Å². The number of hydrogen-bond acceptors (Lipinski definition) is 4. The number of benzene rings is 1. The molecule has 0 radical (unpaired) electrons. The zero-order valence-electron chi connectivity index (χ0n) is 15.1. The molecule has 0 aliphatic heterocycles. The predicted octanol–water partition coefficient (Wildman–Crippen LogP) is 4.29. The van der Waals surface area contributed by atoms with Gasteiger partial charge in [-0.05, 0) is 45.4 Å². The van der Waals surface area contributed by atoms with E-state index < -0.39 is 5.60 Å². The minimum atomic E-state index is -0.849. The van der Waals surface area contributed by atoms with Crippen LogP contribution in [0.4, 0.5) is 5.69 Å². The fraction of sp³-hybridized carbons (Fsp3) is 0.611. The fourth-order valence-corrected chi connectivity index (χ4v) is 2.69. The van der Waals surface area contributed by atoms with Crippen LogP contribution < -0.4 is 10.1 Å². The first-order valence-corrected chi connectivity index (χ1v) is 8.64. The maximum absolute atomic E-state index is 12.5. The molecule has 1 aromatic carbocycles. The number of hydrogen-bond donors (Lipinski definition) is 1. The number of carbonyl (C=O) groups is 1. The molecule has 1 amide bonds. The molecule has 0 heterocycles. The average Bonchev–Trinajstić information content (AvgIpc) is 2.50. The molecule has 1 rings (SSSR count). The van der Waals surface area contributed by atoms with E-state index in [1.165, 1.54) is 0 Å². The molecular formula is C18H28ClNO4. The summed E-state index contributed by atoms with van der Waals surface area (Å²) in [5.41, 5.74) is -0.239. The lowest BCUT2D eigenvalue weighted by Gasteiger charge is -2.28. The monoisotopic (exact) mass is 357 g/mol. The van der Waals surface area contributed by atoms with Gasteiger partial charge in [-0.1, -0.05) is 24.9 Å². The summed E-state index contributed by atoms with van der Waals surface area (Å²) in [6.07, 6.45) is 1.39. The number of methoxy groups -OCH3 is 1. The van der Waals surface area contributed by atoms with Crippen molar-refractivity contribution < 1.29 is 19.0 Å². The van der Waals surface area contributed by atoms with E-state index in [9.17, 15) is 4.79 Å². The zero-order valence-corrected chi connectivity index (χ0v) is 15.9. The Kier molecular flexibility index (Phi) is 8.53. The SMILES string of the molecule is CCC[C@](C)(OCC)C(=O)Nc1ccc(O[C@@H](C)COC)c(Cl)c1. The van der Waals surface area contributed by atoms with Crippen LogP contribution in [0.25, 0.3) is 0 Å². The highest BCUT2D eigenvalue weighted by molar-refractivity contribution is 6.32. The first-order valence-electron chi connectivity index (χ1n) is 8.26. The fourth-order valence-electron chi connectivity index (χ4n) is 2.47. The Morgan fingerprint density at radius 3 is 2.62 bits per heavy atom. The molecule has 0 aliphatic carbocycles. The topological polar surface area (TPSA) is 56.8 Å². The van der Waals surface area contributed by atoms with Gasteiger partial charge in [-0.15, -0.1) is 0 Å². The van der Waals surface area contributed by atoms with Crippen molar-refractivity contribution in [2.75, 3.05) is 25.6 Å². The summed E-state index contributed by atoms with van der Waals surface area (Å²) in [6.45, 7) is 8.56. The third-order valence-electron chi connectivity index (χ3n) is 3.59. The Hall–Kier alpha value is -1.30. The molecule has 0 saturated heterocycles. The van der Waals surface area contributed by atoms with Gasteiger partial charge in [0, 0.05) is 19.4 Å². The number of anilines is 1. The Morgan fingerprint density at radius 1 is 1.38 bits per heavy atom. The summed E-state index contributed by atoms with van der Waals surface area (Å²) in [7, 11) is 1.62. The van der Waals surface area contributed by atoms with E-state index in [0.717, 1.165) is 6.42 Å². The molecule has 6 heteroatoms. The molecular weight excluding hydrogens is 330 g/mol. The maximum Gasteiger partial charge on any atom is 0.256 e. The Morgan fingerprint density at radius 2 is 2.08 bits per heavy atom. The van der Waals surface area contributed by atoms with Crippen LogP contribution in [0.5, 0.6) is 5.75 Å². The molecule has 2 atom stereocenters. The van der Waals surface area contributed by atoms with Crippen molar-refractivity contribution in [2.24, 2.45) is 0 Å². The second kappa shape index (κ2) is 9.87. The molecule has 5 nitrogen and oxygen atoms in total. The highest BCUT2D eigenvalue weighted by atomic mass is 35.5. The Labute approximate surface area is 149 Å². The molecule has 0 aliphatic rings. The molecule has 0 saturated carbocycles. The van der Waals surface area contributed by atoms with E-state index in [2.05, 4.69) is 5.32 Å². The number of carbonyl (C=O) groups excluding carboxylic acids is 1. The molecule has 136 valence electrons. The van der Waals surface area contributed by atoms with E-state index in [4.69, 9.17) is 25.8 Å². The van der Waals surface area contributed by atoms with Crippen LogP contribution in [0.1, 0.15) is 40.5 Å². The lowest BCUT2D eigenvalue weighted by Crippen LogP contribution is -2.42. The van der Waals surface area contributed by atoms with Gasteiger partial charge in [0.2, 0.25) is 0 Å². The molecule has 0 fully saturated rings. The standard InChI is InChI=1S/C18H28ClNO4/c1-6-10-18(4,23-7-2)17(21)20-14-8-9-16(15(19)11-14)24-13(3)12-22-5/h8-9,11,13H,6-7,10,12H2,1-5H3,(H,20,21)/t13-,18-/m0/s1. The highest BCUT2D eigenvalue weighted by Gasteiger charge is 2.33. The summed E-state index contributed by atoms with van der Waals surface area (Å²) < 4.78 is 16.4. The van der Waals surface area contributed by atoms with Gasteiger partial charge in [0.05, 0.1) is 11.6 Å². The molecule has 24 heavy (non-hydrogen) atoms. The van der Waals surface area contributed by atoms with E-state index >= 15 is 0 Å². The molecule has 1 N–H and O–H groups in total. The van der Waals surface area contributed by atoms with Crippen LogP contribution in [0, 0.1) is 0 Å². The largest absolute Gasteiger partial charge is 0.487 e. The lowest BCUT2D eigenvalue weighted by atomic mass is 9.99. The van der Waals surface area contributed by atoms with E-state index in [1.807, 2.05) is 20.8 Å². The van der Waals surface area contributed by atoms with Crippen LogP contribution in [0.15, 0.2) is 18.2 Å². The van der Waals surface area contributed by atoms with E-state index in [0.29, 0.717) is 36.1 Å². The molecule has 0 aromatic heterocycles. The van der Waals surface area contributed by atoms with Crippen LogP contribution >= 0.6 is 11.6 Å². The molecule has 1 aromatic rings. The summed E-state index contributed by atoms with van der Waals surface area (Å²) in [5, 5.41) is 3.30. The summed E-state index contributed by atoms with van der Waals surface area (Å²) in [5.74, 6) is 0.379. The Bertz CT molecular complexity index is 530. The van der Waals surface area contributed by atoms with Crippen molar-refractivity contribution in [1.29, 1.82) is 0 Å². The minimum Gasteiger partial charge on any atom is -0.487 e. The molecule has 0 unspecified atom stereocenters. The Balaban J connectivity index is 2.81. The minimum absolute atomic E-state index is 0.112. The van der Waals surface area contributed by atoms with Crippen molar-refractivity contribution in [3.05, 3.63) is 23.2 Å². The summed E-state index contributed by atoms with van der Waals surface area (Å²) >= 11 is 6.25. The van der Waals surface area contributed by atoms with Crippen LogP contribution in [0.2, 0.25) is 5.02 Å². The number of nitrogens with one attached hydrogen (secondary N) is 1. The third kappa shape index (κ3) is 5.96. The quantitative estimate of drug-likeness (QED) is 0.678. The van der Waals surface area contributed by atoms with Gasteiger partial charge in [-0.2, -0.15) is 0 Å².